The molecule has 1 aliphatic rings. The summed E-state index contributed by atoms with van der Waals surface area (Å²) < 4.78 is 70.8. The first kappa shape index (κ1) is 22.5. The standard InChI is InChI=1S/C21H17ClF5N3O2/c1-8-6-20(32,21(25,26)27)19(11-5-13(22)17(24)18(31)16(8)11)30-15-4-10(23)3-14-12(15)7-28-9(2)29-14/h3-5,7-8,19,30-32H,6H2,1-2H3/t8-,19?,20-/m1/s1. The van der Waals surface area contributed by atoms with E-state index in [1.807, 2.05) is 0 Å². The average molecular weight is 474 g/mol. The quantitative estimate of drug-likeness (QED) is 0.427. The number of fused-ring (bicyclic) bond motifs is 2. The number of aromatic hydroxyl groups is 1. The van der Waals surface area contributed by atoms with Gasteiger partial charge in [-0.25, -0.2) is 18.7 Å². The molecule has 0 bridgehead atoms. The molecule has 2 aromatic carbocycles. The first-order valence-corrected chi connectivity index (χ1v) is 9.90. The lowest BCUT2D eigenvalue weighted by Gasteiger charge is -2.45. The van der Waals surface area contributed by atoms with Crippen LogP contribution in [0.25, 0.3) is 10.9 Å². The molecule has 3 atom stereocenters. The van der Waals surface area contributed by atoms with Crippen molar-refractivity contribution in [2.24, 2.45) is 0 Å². The summed E-state index contributed by atoms with van der Waals surface area (Å²) in [5.41, 5.74) is -3.69. The number of nitrogens with zero attached hydrogens (tertiary/aromatic N) is 2. The topological polar surface area (TPSA) is 78.3 Å². The Kier molecular flexibility index (Phi) is 5.21. The van der Waals surface area contributed by atoms with Crippen LogP contribution in [-0.2, 0) is 0 Å². The van der Waals surface area contributed by atoms with Crippen LogP contribution in [0.5, 0.6) is 5.75 Å². The van der Waals surface area contributed by atoms with E-state index >= 15 is 0 Å². The molecule has 0 aliphatic heterocycles. The number of halogens is 6. The van der Waals surface area contributed by atoms with Crippen molar-refractivity contribution in [3.05, 3.63) is 58.0 Å². The molecule has 0 fully saturated rings. The van der Waals surface area contributed by atoms with E-state index in [0.717, 1.165) is 18.2 Å². The number of hydrogen-bond donors (Lipinski definition) is 3. The van der Waals surface area contributed by atoms with Crippen molar-refractivity contribution in [1.29, 1.82) is 0 Å². The molecule has 4 rings (SSSR count). The van der Waals surface area contributed by atoms with E-state index in [9.17, 15) is 32.2 Å². The minimum absolute atomic E-state index is 0.117. The first-order chi connectivity index (χ1) is 14.8. The Morgan fingerprint density at radius 3 is 2.56 bits per heavy atom. The molecule has 0 radical (unpaired) electrons. The monoisotopic (exact) mass is 473 g/mol. The number of phenolic OH excluding ortho intramolecular Hbond substituents is 1. The molecule has 1 unspecified atom stereocenters. The first-order valence-electron chi connectivity index (χ1n) is 9.52. The van der Waals surface area contributed by atoms with Gasteiger partial charge in [0.2, 0.25) is 0 Å². The molecular weight excluding hydrogens is 457 g/mol. The van der Waals surface area contributed by atoms with Gasteiger partial charge >= 0.3 is 6.18 Å². The average Bonchev–Trinajstić information content (AvgIpc) is 2.67. The summed E-state index contributed by atoms with van der Waals surface area (Å²) in [7, 11) is 0. The maximum atomic E-state index is 14.3. The molecule has 3 N–H and O–H groups in total. The van der Waals surface area contributed by atoms with Gasteiger partial charge in [0.25, 0.3) is 0 Å². The van der Waals surface area contributed by atoms with Gasteiger partial charge in [-0.15, -0.1) is 0 Å². The number of nitrogens with one attached hydrogen (secondary N) is 1. The normalized spacial score (nSPS) is 23.3. The molecule has 1 aliphatic carbocycles. The van der Waals surface area contributed by atoms with Gasteiger partial charge in [-0.3, -0.25) is 0 Å². The SMILES string of the molecule is Cc1ncc2c(NC3c4cc(Cl)c(F)c(O)c4[C@H](C)C[C@]3(O)C(F)(F)F)cc(F)cc2n1. The maximum Gasteiger partial charge on any atom is 0.419 e. The largest absolute Gasteiger partial charge is 0.505 e. The Labute approximate surface area is 183 Å². The second kappa shape index (κ2) is 7.41. The molecular formula is C21H17ClF5N3O2. The van der Waals surface area contributed by atoms with E-state index in [4.69, 9.17) is 11.6 Å². The van der Waals surface area contributed by atoms with Gasteiger partial charge in [-0.05, 0) is 37.0 Å². The highest BCUT2D eigenvalue weighted by Gasteiger charge is 2.62. The van der Waals surface area contributed by atoms with Crippen molar-refractivity contribution >= 4 is 28.2 Å². The van der Waals surface area contributed by atoms with Crippen molar-refractivity contribution in [3.63, 3.8) is 0 Å². The van der Waals surface area contributed by atoms with Gasteiger partial charge < -0.3 is 15.5 Å². The summed E-state index contributed by atoms with van der Waals surface area (Å²) in [6, 6.07) is 1.03. The third kappa shape index (κ3) is 3.41. The molecule has 170 valence electrons. The zero-order chi connectivity index (χ0) is 23.6. The smallest absolute Gasteiger partial charge is 0.419 e. The van der Waals surface area contributed by atoms with Crippen LogP contribution in [0, 0.1) is 18.6 Å². The molecule has 0 saturated heterocycles. The van der Waals surface area contributed by atoms with Crippen molar-refractivity contribution in [3.8, 4) is 5.75 Å². The van der Waals surface area contributed by atoms with Crippen LogP contribution in [0.4, 0.5) is 27.6 Å². The van der Waals surface area contributed by atoms with Gasteiger partial charge in [-0.1, -0.05) is 18.5 Å². The van der Waals surface area contributed by atoms with E-state index in [1.54, 1.807) is 6.92 Å². The van der Waals surface area contributed by atoms with Gasteiger partial charge in [0, 0.05) is 28.9 Å². The number of alkyl halides is 3. The van der Waals surface area contributed by atoms with E-state index in [1.165, 1.54) is 13.1 Å². The predicted molar refractivity (Wildman–Crippen MR) is 108 cm³/mol. The minimum Gasteiger partial charge on any atom is -0.505 e. The molecule has 5 nitrogen and oxygen atoms in total. The number of benzene rings is 2. The fraction of sp³-hybridized carbons (Fsp3) is 0.333. The van der Waals surface area contributed by atoms with E-state index in [-0.39, 0.29) is 27.7 Å². The molecule has 0 spiro atoms. The molecule has 11 heteroatoms. The fourth-order valence-corrected chi connectivity index (χ4v) is 4.50. The summed E-state index contributed by atoms with van der Waals surface area (Å²) in [6.45, 7) is 2.89. The molecule has 1 aromatic heterocycles. The highest BCUT2D eigenvalue weighted by Crippen LogP contribution is 2.55. The molecule has 0 saturated carbocycles. The Hall–Kier alpha value is -2.72. The van der Waals surface area contributed by atoms with Crippen LogP contribution in [0.1, 0.15) is 42.3 Å². The van der Waals surface area contributed by atoms with Gasteiger partial charge in [0.05, 0.1) is 16.6 Å². The second-order valence-corrected chi connectivity index (χ2v) is 8.34. The lowest BCUT2D eigenvalue weighted by Crippen LogP contribution is -2.55. The molecule has 32 heavy (non-hydrogen) atoms. The van der Waals surface area contributed by atoms with Crippen molar-refractivity contribution in [2.45, 2.75) is 44.0 Å². The molecule has 3 aromatic rings. The zero-order valence-electron chi connectivity index (χ0n) is 16.7. The van der Waals surface area contributed by atoms with Crippen LogP contribution in [0.3, 0.4) is 0 Å². The van der Waals surface area contributed by atoms with Gasteiger partial charge in [-0.2, -0.15) is 13.2 Å². The fourth-order valence-electron chi connectivity index (χ4n) is 4.29. The third-order valence-electron chi connectivity index (χ3n) is 5.74. The van der Waals surface area contributed by atoms with Crippen molar-refractivity contribution < 1.29 is 32.2 Å². The number of anilines is 1. The number of aliphatic hydroxyl groups is 1. The van der Waals surface area contributed by atoms with E-state index in [0.29, 0.717) is 5.82 Å². The van der Waals surface area contributed by atoms with Crippen LogP contribution < -0.4 is 5.32 Å². The summed E-state index contributed by atoms with van der Waals surface area (Å²) >= 11 is 5.81. The molecule has 1 heterocycles. The van der Waals surface area contributed by atoms with Crippen LogP contribution in [-0.4, -0.2) is 32.0 Å². The highest BCUT2D eigenvalue weighted by molar-refractivity contribution is 6.31. The zero-order valence-corrected chi connectivity index (χ0v) is 17.5. The lowest BCUT2D eigenvalue weighted by molar-refractivity contribution is -0.272. The number of rotatable bonds is 2. The number of hydrogen-bond acceptors (Lipinski definition) is 5. The lowest BCUT2D eigenvalue weighted by atomic mass is 9.70. The minimum atomic E-state index is -5.12. The number of aromatic nitrogens is 2. The van der Waals surface area contributed by atoms with Crippen molar-refractivity contribution in [2.75, 3.05) is 5.32 Å². The summed E-state index contributed by atoms with van der Waals surface area (Å²) in [5, 5.41) is 23.3. The third-order valence-corrected chi connectivity index (χ3v) is 6.02. The maximum absolute atomic E-state index is 14.3. The summed E-state index contributed by atoms with van der Waals surface area (Å²) in [6.07, 6.45) is -4.68. The predicted octanol–water partition coefficient (Wildman–Crippen LogP) is 5.53. The summed E-state index contributed by atoms with van der Waals surface area (Å²) in [5.74, 6) is -3.58. The second-order valence-electron chi connectivity index (χ2n) is 7.93. The Morgan fingerprint density at radius 1 is 1.22 bits per heavy atom. The number of aryl methyl sites for hydroxylation is 1. The van der Waals surface area contributed by atoms with Crippen LogP contribution >= 0.6 is 11.6 Å². The Morgan fingerprint density at radius 2 is 1.91 bits per heavy atom. The van der Waals surface area contributed by atoms with Crippen LogP contribution in [0.15, 0.2) is 24.4 Å². The molecule has 0 amide bonds. The highest BCUT2D eigenvalue weighted by atomic mass is 35.5. The Balaban J connectivity index is 1.97. The van der Waals surface area contributed by atoms with Gasteiger partial charge in [0.15, 0.2) is 17.2 Å². The van der Waals surface area contributed by atoms with E-state index in [2.05, 4.69) is 15.3 Å². The van der Waals surface area contributed by atoms with Crippen LogP contribution in [0.2, 0.25) is 5.02 Å². The Bertz CT molecular complexity index is 1230. The van der Waals surface area contributed by atoms with E-state index < -0.39 is 52.6 Å². The van der Waals surface area contributed by atoms with Crippen molar-refractivity contribution in [1.82, 2.24) is 9.97 Å². The van der Waals surface area contributed by atoms with Gasteiger partial charge in [0.1, 0.15) is 11.6 Å². The summed E-state index contributed by atoms with van der Waals surface area (Å²) in [4.78, 5) is 8.09. The number of phenols is 1.